The van der Waals surface area contributed by atoms with Crippen molar-refractivity contribution in [3.05, 3.63) is 48.4 Å². The van der Waals surface area contributed by atoms with Crippen LogP contribution >= 0.6 is 0 Å². The van der Waals surface area contributed by atoms with Crippen molar-refractivity contribution >= 4 is 29.4 Å². The second kappa shape index (κ2) is 8.59. The smallest absolute Gasteiger partial charge is 0.303 e. The van der Waals surface area contributed by atoms with Gasteiger partial charge in [-0.1, -0.05) is 0 Å². The van der Waals surface area contributed by atoms with Crippen LogP contribution in [0.25, 0.3) is 0 Å². The average molecular weight is 400 g/mol. The van der Waals surface area contributed by atoms with Crippen molar-refractivity contribution < 1.29 is 33.4 Å². The molecule has 1 atom stereocenters. The number of carbonyl (C=O) groups excluding carboxylic acids is 3. The van der Waals surface area contributed by atoms with Crippen LogP contribution in [0.1, 0.15) is 25.0 Å². The zero-order chi connectivity index (χ0) is 21.0. The molecule has 0 bridgehead atoms. The third-order valence-electron chi connectivity index (χ3n) is 4.61. The molecule has 1 aliphatic rings. The number of anilines is 1. The number of hydrogen-bond acceptors (Lipinski definition) is 6. The number of nitrogens with zero attached hydrogens (tertiary/aromatic N) is 2. The van der Waals surface area contributed by atoms with Gasteiger partial charge in [0.2, 0.25) is 11.8 Å². The fraction of sp³-hybridized carbons (Fsp3) is 0.300. The van der Waals surface area contributed by atoms with E-state index < -0.39 is 29.7 Å². The molecule has 3 amide bonds. The largest absolute Gasteiger partial charge is 0.497 e. The summed E-state index contributed by atoms with van der Waals surface area (Å²) >= 11 is 0. The monoisotopic (exact) mass is 400 g/mol. The average Bonchev–Trinajstić information content (AvgIpc) is 3.32. The number of amides is 3. The van der Waals surface area contributed by atoms with Crippen LogP contribution in [0.2, 0.25) is 0 Å². The van der Waals surface area contributed by atoms with E-state index in [1.54, 1.807) is 36.4 Å². The van der Waals surface area contributed by atoms with Crippen molar-refractivity contribution in [3.8, 4) is 5.75 Å². The van der Waals surface area contributed by atoms with Gasteiger partial charge in [0, 0.05) is 6.42 Å². The van der Waals surface area contributed by atoms with Gasteiger partial charge < -0.3 is 19.2 Å². The Kier molecular flexibility index (Phi) is 5.96. The van der Waals surface area contributed by atoms with E-state index in [0.29, 0.717) is 17.2 Å². The molecule has 0 spiro atoms. The quantitative estimate of drug-likeness (QED) is 0.672. The molecule has 1 aromatic carbocycles. The first-order valence-corrected chi connectivity index (χ1v) is 8.95. The number of methoxy groups -OCH3 is 1. The SMILES string of the molecule is COc1ccc(N2C(=O)C[C@H](N(Cc3ccco3)C(=O)CCC(=O)O)C2=O)cc1. The Labute approximate surface area is 166 Å². The van der Waals surface area contributed by atoms with Crippen LogP contribution in [0.5, 0.6) is 5.75 Å². The standard InChI is InChI=1S/C20H20N2O7/c1-28-14-6-4-13(5-7-14)22-18(24)11-16(20(22)27)21(12-15-3-2-10-29-15)17(23)8-9-19(25)26/h2-7,10,16H,8-9,11-12H2,1H3,(H,25,26)/t16-/m0/s1. The number of carboxylic acids is 1. The van der Waals surface area contributed by atoms with E-state index in [9.17, 15) is 19.2 Å². The van der Waals surface area contributed by atoms with Crippen LogP contribution in [0.15, 0.2) is 47.1 Å². The maximum atomic E-state index is 13.0. The minimum Gasteiger partial charge on any atom is -0.497 e. The lowest BCUT2D eigenvalue weighted by atomic mass is 10.1. The molecule has 1 aliphatic heterocycles. The van der Waals surface area contributed by atoms with E-state index >= 15 is 0 Å². The summed E-state index contributed by atoms with van der Waals surface area (Å²) in [6.07, 6.45) is 0.589. The molecular formula is C20H20N2O7. The normalized spacial score (nSPS) is 16.2. The molecule has 0 aliphatic carbocycles. The summed E-state index contributed by atoms with van der Waals surface area (Å²) in [4.78, 5) is 51.3. The summed E-state index contributed by atoms with van der Waals surface area (Å²) < 4.78 is 10.3. The van der Waals surface area contributed by atoms with Gasteiger partial charge in [-0.3, -0.25) is 19.2 Å². The number of carboxylic acid groups (broad SMARTS) is 1. The minimum atomic E-state index is -1.12. The lowest BCUT2D eigenvalue weighted by Gasteiger charge is -2.26. The molecule has 2 heterocycles. The Hall–Kier alpha value is -3.62. The van der Waals surface area contributed by atoms with E-state index in [4.69, 9.17) is 14.3 Å². The molecule has 2 aromatic rings. The van der Waals surface area contributed by atoms with Gasteiger partial charge in [0.1, 0.15) is 17.6 Å². The molecular weight excluding hydrogens is 380 g/mol. The molecule has 1 aromatic heterocycles. The van der Waals surface area contributed by atoms with Crippen molar-refractivity contribution in [3.63, 3.8) is 0 Å². The first kappa shape index (κ1) is 20.1. The highest BCUT2D eigenvalue weighted by molar-refractivity contribution is 6.23. The van der Waals surface area contributed by atoms with Gasteiger partial charge >= 0.3 is 5.97 Å². The Bertz CT molecular complexity index is 905. The van der Waals surface area contributed by atoms with Crippen molar-refractivity contribution in [2.45, 2.75) is 31.8 Å². The Morgan fingerprint density at radius 3 is 2.52 bits per heavy atom. The first-order valence-electron chi connectivity index (χ1n) is 8.95. The maximum Gasteiger partial charge on any atom is 0.303 e. The minimum absolute atomic E-state index is 0.0361. The fourth-order valence-corrected chi connectivity index (χ4v) is 3.16. The van der Waals surface area contributed by atoms with Crippen LogP contribution in [-0.4, -0.2) is 46.8 Å². The zero-order valence-corrected chi connectivity index (χ0v) is 15.7. The number of carbonyl (C=O) groups is 4. The first-order chi connectivity index (χ1) is 13.9. The zero-order valence-electron chi connectivity index (χ0n) is 15.7. The molecule has 9 nitrogen and oxygen atoms in total. The molecule has 29 heavy (non-hydrogen) atoms. The molecule has 0 radical (unpaired) electrons. The highest BCUT2D eigenvalue weighted by Crippen LogP contribution is 2.28. The topological polar surface area (TPSA) is 117 Å². The summed E-state index contributed by atoms with van der Waals surface area (Å²) in [7, 11) is 1.51. The lowest BCUT2D eigenvalue weighted by Crippen LogP contribution is -2.45. The van der Waals surface area contributed by atoms with Crippen molar-refractivity contribution in [2.24, 2.45) is 0 Å². The van der Waals surface area contributed by atoms with Gasteiger partial charge in [0.05, 0.1) is 38.4 Å². The van der Waals surface area contributed by atoms with E-state index in [0.717, 1.165) is 4.90 Å². The van der Waals surface area contributed by atoms with E-state index in [1.807, 2.05) is 0 Å². The Balaban J connectivity index is 1.84. The molecule has 0 saturated carbocycles. The number of ether oxygens (including phenoxy) is 1. The number of imide groups is 1. The summed E-state index contributed by atoms with van der Waals surface area (Å²) in [5.74, 6) is -1.64. The molecule has 1 saturated heterocycles. The Morgan fingerprint density at radius 2 is 1.93 bits per heavy atom. The molecule has 3 rings (SSSR count). The predicted molar refractivity (Wildman–Crippen MR) is 100 cm³/mol. The molecule has 152 valence electrons. The Morgan fingerprint density at radius 1 is 1.21 bits per heavy atom. The van der Waals surface area contributed by atoms with E-state index in [2.05, 4.69) is 0 Å². The van der Waals surface area contributed by atoms with Crippen LogP contribution in [0.4, 0.5) is 5.69 Å². The second-order valence-electron chi connectivity index (χ2n) is 6.48. The summed E-state index contributed by atoms with van der Waals surface area (Å²) in [5, 5.41) is 8.86. The van der Waals surface area contributed by atoms with Crippen LogP contribution < -0.4 is 9.64 Å². The maximum absolute atomic E-state index is 13.0. The summed E-state index contributed by atoms with van der Waals surface area (Å²) in [6, 6.07) is 8.67. The van der Waals surface area contributed by atoms with Crippen molar-refractivity contribution in [2.75, 3.05) is 12.0 Å². The number of furan rings is 1. The van der Waals surface area contributed by atoms with Gasteiger partial charge in [-0.25, -0.2) is 4.90 Å². The third kappa shape index (κ3) is 4.45. The highest BCUT2D eigenvalue weighted by atomic mass is 16.5. The number of rotatable bonds is 8. The number of hydrogen-bond donors (Lipinski definition) is 1. The fourth-order valence-electron chi connectivity index (χ4n) is 3.16. The van der Waals surface area contributed by atoms with Crippen LogP contribution in [0, 0.1) is 0 Å². The van der Waals surface area contributed by atoms with Crippen molar-refractivity contribution in [1.82, 2.24) is 4.90 Å². The van der Waals surface area contributed by atoms with E-state index in [-0.39, 0.29) is 25.8 Å². The van der Waals surface area contributed by atoms with Crippen molar-refractivity contribution in [1.29, 1.82) is 0 Å². The third-order valence-corrected chi connectivity index (χ3v) is 4.61. The van der Waals surface area contributed by atoms with Gasteiger partial charge in [0.15, 0.2) is 0 Å². The molecule has 9 heteroatoms. The number of benzene rings is 1. The van der Waals surface area contributed by atoms with Gasteiger partial charge in [-0.15, -0.1) is 0 Å². The van der Waals surface area contributed by atoms with Crippen LogP contribution in [-0.2, 0) is 25.7 Å². The van der Waals surface area contributed by atoms with Gasteiger partial charge in [0.25, 0.3) is 5.91 Å². The predicted octanol–water partition coefficient (Wildman–Crippen LogP) is 1.81. The van der Waals surface area contributed by atoms with E-state index in [1.165, 1.54) is 18.3 Å². The second-order valence-corrected chi connectivity index (χ2v) is 6.48. The lowest BCUT2D eigenvalue weighted by molar-refractivity contribution is -0.143. The summed E-state index contributed by atoms with van der Waals surface area (Å²) in [5.41, 5.74) is 0.374. The summed E-state index contributed by atoms with van der Waals surface area (Å²) in [6.45, 7) is -0.0361. The van der Waals surface area contributed by atoms with Crippen LogP contribution in [0.3, 0.4) is 0 Å². The molecule has 1 fully saturated rings. The van der Waals surface area contributed by atoms with Gasteiger partial charge in [-0.05, 0) is 36.4 Å². The highest BCUT2D eigenvalue weighted by Gasteiger charge is 2.44. The van der Waals surface area contributed by atoms with Gasteiger partial charge in [-0.2, -0.15) is 0 Å². The molecule has 0 unspecified atom stereocenters. The molecule has 1 N–H and O–H groups in total. The number of aliphatic carboxylic acids is 1.